The van der Waals surface area contributed by atoms with E-state index in [0.29, 0.717) is 17.1 Å². The van der Waals surface area contributed by atoms with Gasteiger partial charge in [-0.25, -0.2) is 8.78 Å². The molecule has 0 bridgehead atoms. The predicted octanol–water partition coefficient (Wildman–Crippen LogP) is 3.88. The van der Waals surface area contributed by atoms with Crippen molar-refractivity contribution in [2.75, 3.05) is 14.2 Å². The van der Waals surface area contributed by atoms with Crippen LogP contribution in [-0.2, 0) is 0 Å². The van der Waals surface area contributed by atoms with Gasteiger partial charge < -0.3 is 9.47 Å². The second-order valence-electron chi connectivity index (χ2n) is 4.41. The standard InChI is InChI=1S/C17H14F2O3/c1-21-15-9-7-11(10-16(15)22-2)6-8-14(20)17-12(18)4-3-5-13(17)19/h3-10H,1-2H3/b8-6+. The second-order valence-corrected chi connectivity index (χ2v) is 4.41. The van der Waals surface area contributed by atoms with Crippen molar-refractivity contribution in [1.29, 1.82) is 0 Å². The van der Waals surface area contributed by atoms with Crippen LogP contribution < -0.4 is 9.47 Å². The quantitative estimate of drug-likeness (QED) is 0.621. The van der Waals surface area contributed by atoms with Gasteiger partial charge in [0.15, 0.2) is 17.3 Å². The number of allylic oxidation sites excluding steroid dienone is 1. The van der Waals surface area contributed by atoms with E-state index in [4.69, 9.17) is 9.47 Å². The van der Waals surface area contributed by atoms with E-state index in [1.165, 1.54) is 26.4 Å². The monoisotopic (exact) mass is 304 g/mol. The third-order valence-electron chi connectivity index (χ3n) is 3.04. The van der Waals surface area contributed by atoms with Crippen LogP contribution in [0.15, 0.2) is 42.5 Å². The van der Waals surface area contributed by atoms with Gasteiger partial charge in [-0.05, 0) is 35.9 Å². The number of ketones is 1. The maximum atomic E-state index is 13.5. The highest BCUT2D eigenvalue weighted by molar-refractivity contribution is 6.07. The lowest BCUT2D eigenvalue weighted by Gasteiger charge is -2.07. The third kappa shape index (κ3) is 3.31. The van der Waals surface area contributed by atoms with Gasteiger partial charge in [0, 0.05) is 0 Å². The fourth-order valence-corrected chi connectivity index (χ4v) is 1.94. The fourth-order valence-electron chi connectivity index (χ4n) is 1.94. The molecule has 0 heterocycles. The molecule has 0 fully saturated rings. The number of hydrogen-bond donors (Lipinski definition) is 0. The number of methoxy groups -OCH3 is 2. The number of hydrogen-bond acceptors (Lipinski definition) is 3. The van der Waals surface area contributed by atoms with Crippen LogP contribution in [0.1, 0.15) is 15.9 Å². The van der Waals surface area contributed by atoms with Gasteiger partial charge in [-0.2, -0.15) is 0 Å². The fraction of sp³-hybridized carbons (Fsp3) is 0.118. The lowest BCUT2D eigenvalue weighted by Crippen LogP contribution is -2.02. The van der Waals surface area contributed by atoms with Crippen molar-refractivity contribution in [3.63, 3.8) is 0 Å². The van der Waals surface area contributed by atoms with E-state index in [1.54, 1.807) is 18.2 Å². The van der Waals surface area contributed by atoms with Gasteiger partial charge in [0.05, 0.1) is 19.8 Å². The van der Waals surface area contributed by atoms with Crippen molar-refractivity contribution in [3.05, 3.63) is 65.2 Å². The first-order valence-corrected chi connectivity index (χ1v) is 6.45. The number of benzene rings is 2. The zero-order valence-electron chi connectivity index (χ0n) is 12.1. The molecular formula is C17H14F2O3. The molecule has 0 spiro atoms. The summed E-state index contributed by atoms with van der Waals surface area (Å²) in [4.78, 5) is 11.9. The molecule has 3 nitrogen and oxygen atoms in total. The molecule has 0 amide bonds. The molecule has 0 unspecified atom stereocenters. The minimum atomic E-state index is -0.887. The van der Waals surface area contributed by atoms with E-state index in [0.717, 1.165) is 18.2 Å². The molecule has 2 aromatic carbocycles. The highest BCUT2D eigenvalue weighted by atomic mass is 19.1. The number of rotatable bonds is 5. The SMILES string of the molecule is COc1ccc(/C=C/C(=O)c2c(F)cccc2F)cc1OC. The van der Waals surface area contributed by atoms with E-state index in [-0.39, 0.29) is 0 Å². The molecule has 0 aliphatic rings. The Hall–Kier alpha value is -2.69. The maximum Gasteiger partial charge on any atom is 0.191 e. The van der Waals surface area contributed by atoms with Gasteiger partial charge in [0.1, 0.15) is 11.6 Å². The summed E-state index contributed by atoms with van der Waals surface area (Å²) in [5.41, 5.74) is 0.0713. The largest absolute Gasteiger partial charge is 0.493 e. The van der Waals surface area contributed by atoms with Crippen molar-refractivity contribution in [2.24, 2.45) is 0 Å². The Kier molecular flexibility index (Phi) is 4.88. The molecule has 0 saturated carbocycles. The Morgan fingerprint density at radius 3 is 2.23 bits per heavy atom. The van der Waals surface area contributed by atoms with Crippen LogP contribution in [-0.4, -0.2) is 20.0 Å². The van der Waals surface area contributed by atoms with E-state index < -0.39 is 23.0 Å². The number of ether oxygens (including phenoxy) is 2. The summed E-state index contributed by atoms with van der Waals surface area (Å²) in [5, 5.41) is 0. The van der Waals surface area contributed by atoms with Crippen LogP contribution in [0.4, 0.5) is 8.78 Å². The van der Waals surface area contributed by atoms with Crippen LogP contribution in [0.3, 0.4) is 0 Å². The number of halogens is 2. The molecule has 0 N–H and O–H groups in total. The predicted molar refractivity (Wildman–Crippen MR) is 79.3 cm³/mol. The Bertz CT molecular complexity index is 704. The van der Waals surface area contributed by atoms with Crippen molar-refractivity contribution in [2.45, 2.75) is 0 Å². The van der Waals surface area contributed by atoms with Gasteiger partial charge in [-0.1, -0.05) is 18.2 Å². The van der Waals surface area contributed by atoms with Crippen LogP contribution in [0, 0.1) is 11.6 Å². The van der Waals surface area contributed by atoms with E-state index in [2.05, 4.69) is 0 Å². The van der Waals surface area contributed by atoms with Crippen molar-refractivity contribution < 1.29 is 23.0 Å². The first-order chi connectivity index (χ1) is 10.6. The minimum absolute atomic E-state index is 0.495. The summed E-state index contributed by atoms with van der Waals surface area (Å²) < 4.78 is 37.3. The summed E-state index contributed by atoms with van der Waals surface area (Å²) in [6.07, 6.45) is 2.57. The summed E-state index contributed by atoms with van der Waals surface area (Å²) in [6.45, 7) is 0. The summed E-state index contributed by atoms with van der Waals surface area (Å²) in [7, 11) is 3.00. The molecule has 0 atom stereocenters. The first-order valence-electron chi connectivity index (χ1n) is 6.45. The average molecular weight is 304 g/mol. The topological polar surface area (TPSA) is 35.5 Å². The van der Waals surface area contributed by atoms with Crippen molar-refractivity contribution in [1.82, 2.24) is 0 Å². The highest BCUT2D eigenvalue weighted by Crippen LogP contribution is 2.28. The molecule has 0 aromatic heterocycles. The molecule has 22 heavy (non-hydrogen) atoms. The smallest absolute Gasteiger partial charge is 0.191 e. The second kappa shape index (κ2) is 6.85. The van der Waals surface area contributed by atoms with Crippen molar-refractivity contribution >= 4 is 11.9 Å². The highest BCUT2D eigenvalue weighted by Gasteiger charge is 2.14. The van der Waals surface area contributed by atoms with E-state index in [9.17, 15) is 13.6 Å². The van der Waals surface area contributed by atoms with E-state index >= 15 is 0 Å². The number of carbonyl (C=O) groups is 1. The van der Waals surface area contributed by atoms with Gasteiger partial charge in [-0.15, -0.1) is 0 Å². The number of carbonyl (C=O) groups excluding carboxylic acids is 1. The molecular weight excluding hydrogens is 290 g/mol. The Morgan fingerprint density at radius 2 is 1.64 bits per heavy atom. The Morgan fingerprint density at radius 1 is 1.00 bits per heavy atom. The summed E-state index contributed by atoms with van der Waals surface area (Å²) in [5.74, 6) is -1.48. The van der Waals surface area contributed by atoms with Crippen LogP contribution >= 0.6 is 0 Å². The summed E-state index contributed by atoms with van der Waals surface area (Å²) in [6, 6.07) is 8.32. The Balaban J connectivity index is 2.27. The normalized spacial score (nSPS) is 10.7. The molecule has 5 heteroatoms. The van der Waals surface area contributed by atoms with Crippen molar-refractivity contribution in [3.8, 4) is 11.5 Å². The lowest BCUT2D eigenvalue weighted by atomic mass is 10.1. The van der Waals surface area contributed by atoms with Gasteiger partial charge >= 0.3 is 0 Å². The lowest BCUT2D eigenvalue weighted by molar-refractivity contribution is 0.104. The third-order valence-corrected chi connectivity index (χ3v) is 3.04. The molecule has 0 aliphatic carbocycles. The van der Waals surface area contributed by atoms with Crippen LogP contribution in [0.2, 0.25) is 0 Å². The average Bonchev–Trinajstić information content (AvgIpc) is 2.52. The van der Waals surface area contributed by atoms with Gasteiger partial charge in [0.25, 0.3) is 0 Å². The Labute approximate surface area is 126 Å². The molecule has 114 valence electrons. The van der Waals surface area contributed by atoms with Crippen LogP contribution in [0.25, 0.3) is 6.08 Å². The maximum absolute atomic E-state index is 13.5. The molecule has 2 aromatic rings. The van der Waals surface area contributed by atoms with E-state index in [1.807, 2.05) is 0 Å². The molecule has 0 aliphatic heterocycles. The molecule has 0 saturated heterocycles. The zero-order valence-corrected chi connectivity index (χ0v) is 12.1. The zero-order chi connectivity index (χ0) is 16.1. The molecule has 0 radical (unpaired) electrons. The van der Waals surface area contributed by atoms with Gasteiger partial charge in [-0.3, -0.25) is 4.79 Å². The van der Waals surface area contributed by atoms with Crippen LogP contribution in [0.5, 0.6) is 11.5 Å². The van der Waals surface area contributed by atoms with Gasteiger partial charge in [0.2, 0.25) is 0 Å². The minimum Gasteiger partial charge on any atom is -0.493 e. The first kappa shape index (κ1) is 15.7. The summed E-state index contributed by atoms with van der Waals surface area (Å²) >= 11 is 0. The molecule has 2 rings (SSSR count).